The fourth-order valence-corrected chi connectivity index (χ4v) is 8.14. The van der Waals surface area contributed by atoms with E-state index >= 15 is 0 Å². The molecule has 3 fully saturated rings. The van der Waals surface area contributed by atoms with E-state index in [1.807, 2.05) is 6.92 Å². The van der Waals surface area contributed by atoms with Gasteiger partial charge in [0.2, 0.25) is 15.7 Å². The first kappa shape index (κ1) is 34.9. The maximum atomic E-state index is 14.4. The van der Waals surface area contributed by atoms with Crippen LogP contribution in [0.15, 0.2) is 41.3 Å². The molecule has 1 heterocycles. The summed E-state index contributed by atoms with van der Waals surface area (Å²) >= 11 is 1.21. The molecule has 6 atom stereocenters. The van der Waals surface area contributed by atoms with Gasteiger partial charge in [0, 0.05) is 16.4 Å². The number of fused-ring (bicyclic) bond motifs is 1. The number of carbonyl (C=O) groups excluding carboxylic acids is 3. The fourth-order valence-electron chi connectivity index (χ4n) is 6.13. The van der Waals surface area contributed by atoms with Gasteiger partial charge in [0.25, 0.3) is 8.91 Å². The van der Waals surface area contributed by atoms with Crippen molar-refractivity contribution in [3.63, 3.8) is 0 Å². The molecule has 0 radical (unpaired) electrons. The molecule has 0 bridgehead atoms. The molecule has 2 amide bonds. The first-order chi connectivity index (χ1) is 21.7. The molecule has 15 heteroatoms. The molecule has 0 spiro atoms. The lowest BCUT2D eigenvalue weighted by molar-refractivity contribution is -0.121. The van der Waals surface area contributed by atoms with Crippen LogP contribution in [0.2, 0.25) is 0 Å². The number of nitrogens with one attached hydrogen (secondary N) is 2. The van der Waals surface area contributed by atoms with Crippen molar-refractivity contribution in [1.82, 2.24) is 5.32 Å². The Labute approximate surface area is 283 Å². The Kier molecular flexibility index (Phi) is 10.3. The molecule has 1 saturated heterocycles. The minimum Gasteiger partial charge on any atom is -0.496 e. The molecular formula is C31H37FIN2O9PS. The van der Waals surface area contributed by atoms with Crippen molar-refractivity contribution in [3.05, 3.63) is 42.0 Å². The van der Waals surface area contributed by atoms with Crippen molar-refractivity contribution >= 4 is 70.8 Å². The van der Waals surface area contributed by atoms with E-state index < -0.39 is 48.8 Å². The van der Waals surface area contributed by atoms with E-state index in [0.29, 0.717) is 42.5 Å². The molecule has 11 nitrogen and oxygen atoms in total. The highest BCUT2D eigenvalue weighted by Crippen LogP contribution is 2.39. The number of aldehydes is 1. The summed E-state index contributed by atoms with van der Waals surface area (Å²) in [4.78, 5) is 38.6. The summed E-state index contributed by atoms with van der Waals surface area (Å²) in [5.74, 6) is -1.01. The van der Waals surface area contributed by atoms with Crippen molar-refractivity contribution in [2.45, 2.75) is 78.2 Å². The van der Waals surface area contributed by atoms with Crippen LogP contribution < -0.4 is 25.4 Å². The van der Waals surface area contributed by atoms with Crippen molar-refractivity contribution < 1.29 is 46.1 Å². The van der Waals surface area contributed by atoms with Gasteiger partial charge in [-0.15, -0.1) is 9.24 Å². The Morgan fingerprint density at radius 1 is 1.17 bits per heavy atom. The lowest BCUT2D eigenvalue weighted by Gasteiger charge is -2.33. The third kappa shape index (κ3) is 7.20. The van der Waals surface area contributed by atoms with E-state index in [9.17, 15) is 27.2 Å². The summed E-state index contributed by atoms with van der Waals surface area (Å²) in [6, 6.07) is 7.86. The van der Waals surface area contributed by atoms with Gasteiger partial charge >= 0.3 is 0 Å². The van der Waals surface area contributed by atoms with Gasteiger partial charge in [0.05, 0.1) is 41.7 Å². The number of alkyl halides is 2. The van der Waals surface area contributed by atoms with E-state index in [4.69, 9.17) is 18.9 Å². The van der Waals surface area contributed by atoms with Crippen molar-refractivity contribution in [1.29, 1.82) is 0 Å². The van der Waals surface area contributed by atoms with Gasteiger partial charge in [-0.05, 0) is 92.0 Å². The van der Waals surface area contributed by atoms with Crippen molar-refractivity contribution in [3.8, 4) is 11.5 Å². The summed E-state index contributed by atoms with van der Waals surface area (Å²) in [6.45, 7) is 2.90. The summed E-state index contributed by atoms with van der Waals surface area (Å²) in [7, 11) is -0.277. The van der Waals surface area contributed by atoms with Crippen LogP contribution in [0.1, 0.15) is 56.3 Å². The second-order valence-electron chi connectivity index (χ2n) is 12.3. The van der Waals surface area contributed by atoms with E-state index in [2.05, 4.69) is 19.9 Å². The van der Waals surface area contributed by atoms with Crippen molar-refractivity contribution in [2.75, 3.05) is 19.2 Å². The SMILES string of the molecule is COc1cc(P)c(O[C@H]2CC[C@@](C)(C=O)CC2)cc1C(=O)N[C@@H]1[C@H]2OCO[C@H]2C[C@@H]1C(=O)Nc1cccc(S(=O)(=O)C(C)(F)I)c1. The number of methoxy groups -OCH3 is 1. The van der Waals surface area contributed by atoms with Gasteiger partial charge in [-0.1, -0.05) is 13.0 Å². The number of anilines is 1. The monoisotopic (exact) mass is 790 g/mol. The highest BCUT2D eigenvalue weighted by atomic mass is 127. The highest BCUT2D eigenvalue weighted by molar-refractivity contribution is 14.1. The molecule has 2 aromatic rings. The molecule has 46 heavy (non-hydrogen) atoms. The van der Waals surface area contributed by atoms with Crippen LogP contribution in [0.3, 0.4) is 0 Å². The second-order valence-corrected chi connectivity index (χ2v) is 17.9. The second kappa shape index (κ2) is 13.6. The Hall–Kier alpha value is -2.39. The fraction of sp³-hybridized carbons (Fsp3) is 0.516. The Bertz CT molecular complexity index is 1610. The van der Waals surface area contributed by atoms with Crippen LogP contribution in [0, 0.1) is 11.3 Å². The zero-order chi connectivity index (χ0) is 33.4. The summed E-state index contributed by atoms with van der Waals surface area (Å²) in [6.07, 6.45) is 2.90. The minimum absolute atomic E-state index is 0.0157. The normalized spacial score (nSPS) is 28.9. The molecular weight excluding hydrogens is 753 g/mol. The van der Waals surface area contributed by atoms with E-state index in [-0.39, 0.29) is 40.9 Å². The molecule has 0 aromatic heterocycles. The molecule has 2 aromatic carbocycles. The number of ether oxygens (including phenoxy) is 4. The van der Waals surface area contributed by atoms with Gasteiger partial charge in [0.15, 0.2) is 0 Å². The standard InChI is InChI=1S/C31H37FIN2O9PS/c1-30(15-36)9-7-18(8-10-30)44-23-12-20(22(41-3)14-25(23)45)28(37)35-26-21(13-24-27(26)43-16-42-24)29(38)34-17-5-4-6-19(11-17)46(39,40)31(2,32)33/h4-6,11-12,14-15,18,21,24,26-27H,7-10,13,16,45H2,1-3H3,(H,34,38)(H,35,37)/t18-,21-,24-,26-,27-,30+,31?/m0/s1. The van der Waals surface area contributed by atoms with Gasteiger partial charge in [-0.3, -0.25) is 9.59 Å². The number of sulfone groups is 1. The zero-order valence-electron chi connectivity index (χ0n) is 25.6. The molecule has 2 saturated carbocycles. The third-order valence-electron chi connectivity index (χ3n) is 8.93. The molecule has 2 N–H and O–H groups in total. The first-order valence-corrected chi connectivity index (χ1v) is 18.0. The average molecular weight is 791 g/mol. The quantitative estimate of drug-likeness (QED) is 0.158. The zero-order valence-corrected chi connectivity index (χ0v) is 29.7. The molecule has 5 rings (SSSR count). The van der Waals surface area contributed by atoms with Crippen LogP contribution >= 0.6 is 31.8 Å². The number of rotatable bonds is 10. The number of amides is 2. The smallest absolute Gasteiger partial charge is 0.261 e. The summed E-state index contributed by atoms with van der Waals surface area (Å²) in [5.41, 5.74) is 0.00444. The third-order valence-corrected chi connectivity index (χ3v) is 12.9. The van der Waals surface area contributed by atoms with Gasteiger partial charge in [0.1, 0.15) is 30.7 Å². The molecule has 2 aliphatic carbocycles. The van der Waals surface area contributed by atoms with E-state index in [0.717, 1.165) is 13.2 Å². The lowest BCUT2D eigenvalue weighted by atomic mass is 9.76. The first-order valence-electron chi connectivity index (χ1n) is 14.8. The lowest BCUT2D eigenvalue weighted by Crippen LogP contribution is -2.48. The highest BCUT2D eigenvalue weighted by Gasteiger charge is 2.51. The number of hydrogen-bond donors (Lipinski definition) is 2. The van der Waals surface area contributed by atoms with Gasteiger partial charge in [-0.25, -0.2) is 12.8 Å². The summed E-state index contributed by atoms with van der Waals surface area (Å²) < 4.78 is 60.4. The van der Waals surface area contributed by atoms with Crippen LogP contribution in [-0.4, -0.2) is 67.8 Å². The van der Waals surface area contributed by atoms with Crippen LogP contribution in [0.25, 0.3) is 0 Å². The topological polar surface area (TPSA) is 146 Å². The number of halogens is 2. The summed E-state index contributed by atoms with van der Waals surface area (Å²) in [5, 5.41) is 6.36. The maximum Gasteiger partial charge on any atom is 0.261 e. The molecule has 3 aliphatic rings. The largest absolute Gasteiger partial charge is 0.496 e. The van der Waals surface area contributed by atoms with Gasteiger partial charge < -0.3 is 34.4 Å². The molecule has 250 valence electrons. The Morgan fingerprint density at radius 2 is 1.89 bits per heavy atom. The Balaban J connectivity index is 1.34. The van der Waals surface area contributed by atoms with Crippen molar-refractivity contribution in [2.24, 2.45) is 11.3 Å². The van der Waals surface area contributed by atoms with E-state index in [1.165, 1.54) is 54.0 Å². The maximum absolute atomic E-state index is 14.4. The predicted octanol–water partition coefficient (Wildman–Crippen LogP) is 4.07. The number of hydrogen-bond acceptors (Lipinski definition) is 9. The van der Waals surface area contributed by atoms with Crippen LogP contribution in [-0.2, 0) is 28.9 Å². The average Bonchev–Trinajstić information content (AvgIpc) is 3.61. The van der Waals surface area contributed by atoms with Crippen LogP contribution in [0.4, 0.5) is 10.1 Å². The number of benzene rings is 2. The Morgan fingerprint density at radius 3 is 2.54 bits per heavy atom. The van der Waals surface area contributed by atoms with Crippen LogP contribution in [0.5, 0.6) is 11.5 Å². The molecule has 1 aliphatic heterocycles. The number of carbonyl (C=O) groups is 3. The molecule has 2 unspecified atom stereocenters. The van der Waals surface area contributed by atoms with E-state index in [1.54, 1.807) is 12.1 Å². The minimum atomic E-state index is -4.32. The van der Waals surface area contributed by atoms with Gasteiger partial charge in [-0.2, -0.15) is 0 Å². The predicted molar refractivity (Wildman–Crippen MR) is 179 cm³/mol.